The predicted molar refractivity (Wildman–Crippen MR) is 68.1 cm³/mol. The van der Waals surface area contributed by atoms with Crippen molar-refractivity contribution in [1.29, 1.82) is 0 Å². The van der Waals surface area contributed by atoms with Gasteiger partial charge in [0.15, 0.2) is 0 Å². The first kappa shape index (κ1) is 12.9. The molecule has 0 radical (unpaired) electrons. The van der Waals surface area contributed by atoms with E-state index in [1.807, 2.05) is 5.38 Å². The lowest BCUT2D eigenvalue weighted by Gasteiger charge is -2.04. The fourth-order valence-corrected chi connectivity index (χ4v) is 3.06. The van der Waals surface area contributed by atoms with Crippen LogP contribution in [0.4, 0.5) is 0 Å². The summed E-state index contributed by atoms with van der Waals surface area (Å²) in [6.45, 7) is 0.212. The third-order valence-corrected chi connectivity index (χ3v) is 4.51. The summed E-state index contributed by atoms with van der Waals surface area (Å²) in [5.41, 5.74) is -0.532. The fraction of sp³-hybridized carbons (Fsp3) is 0.200. The highest BCUT2D eigenvalue weighted by Gasteiger charge is 2.16. The van der Waals surface area contributed by atoms with Gasteiger partial charge < -0.3 is 4.98 Å². The van der Waals surface area contributed by atoms with Crippen molar-refractivity contribution in [2.75, 3.05) is 6.54 Å². The second-order valence-electron chi connectivity index (χ2n) is 3.45. The first-order valence-electron chi connectivity index (χ1n) is 5.15. The molecule has 0 fully saturated rings. The second-order valence-corrected chi connectivity index (χ2v) is 6.16. The number of thiazole rings is 1. The number of nitrogens with one attached hydrogen (secondary N) is 2. The van der Waals surface area contributed by atoms with Gasteiger partial charge in [-0.2, -0.15) is 0 Å². The van der Waals surface area contributed by atoms with Gasteiger partial charge in [-0.25, -0.2) is 18.1 Å². The molecule has 0 saturated heterocycles. The molecule has 2 N–H and O–H groups in total. The molecule has 6 nitrogen and oxygen atoms in total. The van der Waals surface area contributed by atoms with Crippen LogP contribution in [0.15, 0.2) is 39.7 Å². The second kappa shape index (κ2) is 5.42. The third-order valence-electron chi connectivity index (χ3n) is 2.19. The van der Waals surface area contributed by atoms with Crippen LogP contribution in [0.3, 0.4) is 0 Å². The summed E-state index contributed by atoms with van der Waals surface area (Å²) in [4.78, 5) is 17.8. The molecular formula is C10H11N3O3S2. The minimum absolute atomic E-state index is 0.212. The Balaban J connectivity index is 2.04. The van der Waals surface area contributed by atoms with Gasteiger partial charge in [0.25, 0.3) is 0 Å². The van der Waals surface area contributed by atoms with E-state index in [9.17, 15) is 13.2 Å². The Morgan fingerprint density at radius 3 is 2.94 bits per heavy atom. The zero-order valence-electron chi connectivity index (χ0n) is 9.29. The van der Waals surface area contributed by atoms with Crippen LogP contribution in [0.1, 0.15) is 5.01 Å². The largest absolute Gasteiger partial charge is 0.366 e. The van der Waals surface area contributed by atoms with Crippen LogP contribution in [0.5, 0.6) is 0 Å². The van der Waals surface area contributed by atoms with Crippen LogP contribution >= 0.6 is 11.3 Å². The predicted octanol–water partition coefficient (Wildman–Crippen LogP) is 0.352. The van der Waals surface area contributed by atoms with Gasteiger partial charge in [0.1, 0.15) is 4.90 Å². The minimum atomic E-state index is -3.76. The molecule has 0 unspecified atom stereocenters. The van der Waals surface area contributed by atoms with E-state index in [1.165, 1.54) is 29.8 Å². The Bertz CT molecular complexity index is 662. The van der Waals surface area contributed by atoms with Crippen LogP contribution in [-0.4, -0.2) is 24.9 Å². The molecule has 0 aliphatic rings. The van der Waals surface area contributed by atoms with Gasteiger partial charge >= 0.3 is 0 Å². The average Bonchev–Trinajstić information content (AvgIpc) is 2.82. The maximum atomic E-state index is 11.8. The highest BCUT2D eigenvalue weighted by Crippen LogP contribution is 2.05. The van der Waals surface area contributed by atoms with Crippen molar-refractivity contribution in [2.24, 2.45) is 0 Å². The molecule has 0 aromatic carbocycles. The van der Waals surface area contributed by atoms with Crippen LogP contribution < -0.4 is 10.2 Å². The normalized spacial score (nSPS) is 11.6. The van der Waals surface area contributed by atoms with Crippen molar-refractivity contribution >= 4 is 21.4 Å². The molecule has 0 atom stereocenters. The number of rotatable bonds is 5. The fourth-order valence-electron chi connectivity index (χ4n) is 1.36. The quantitative estimate of drug-likeness (QED) is 0.829. The molecule has 18 heavy (non-hydrogen) atoms. The smallest absolute Gasteiger partial charge is 0.245 e. The van der Waals surface area contributed by atoms with Crippen molar-refractivity contribution in [1.82, 2.24) is 14.7 Å². The van der Waals surface area contributed by atoms with Crippen molar-refractivity contribution in [2.45, 2.75) is 11.3 Å². The Kier molecular flexibility index (Phi) is 3.90. The van der Waals surface area contributed by atoms with E-state index in [4.69, 9.17) is 0 Å². The van der Waals surface area contributed by atoms with Crippen molar-refractivity contribution in [3.8, 4) is 0 Å². The van der Waals surface area contributed by atoms with Gasteiger partial charge in [0.05, 0.1) is 5.01 Å². The van der Waals surface area contributed by atoms with E-state index >= 15 is 0 Å². The molecule has 0 aliphatic heterocycles. The standard InChI is InChI=1S/C10H11N3O3S2/c14-8-1-3-11-7-9(8)18(15,16)13-4-2-10-12-5-6-17-10/h1,3,5-7,13H,2,4H2,(H,11,14). The maximum absolute atomic E-state index is 11.8. The third kappa shape index (κ3) is 3.03. The van der Waals surface area contributed by atoms with Gasteiger partial charge in [-0.15, -0.1) is 11.3 Å². The van der Waals surface area contributed by atoms with Crippen LogP contribution in [-0.2, 0) is 16.4 Å². The van der Waals surface area contributed by atoms with E-state index < -0.39 is 15.5 Å². The molecule has 0 aliphatic carbocycles. The van der Waals surface area contributed by atoms with Gasteiger partial charge in [0, 0.05) is 43.0 Å². The van der Waals surface area contributed by atoms with Gasteiger partial charge in [0.2, 0.25) is 15.5 Å². The summed E-state index contributed by atoms with van der Waals surface area (Å²) < 4.78 is 26.0. The zero-order chi connectivity index (χ0) is 13.0. The molecule has 2 rings (SSSR count). The number of aromatic amines is 1. The lowest BCUT2D eigenvalue weighted by atomic mass is 10.5. The number of aromatic nitrogens is 2. The number of nitrogens with zero attached hydrogens (tertiary/aromatic N) is 1. The molecule has 2 aromatic heterocycles. The summed E-state index contributed by atoms with van der Waals surface area (Å²) in [5, 5.41) is 2.67. The topological polar surface area (TPSA) is 91.9 Å². The van der Waals surface area contributed by atoms with Crippen LogP contribution in [0.2, 0.25) is 0 Å². The van der Waals surface area contributed by atoms with Gasteiger partial charge in [-0.05, 0) is 0 Å². The molecule has 96 valence electrons. The molecule has 0 saturated carbocycles. The minimum Gasteiger partial charge on any atom is -0.366 e. The summed E-state index contributed by atoms with van der Waals surface area (Å²) in [5.74, 6) is 0. The Hall–Kier alpha value is -1.51. The molecule has 0 bridgehead atoms. The van der Waals surface area contributed by atoms with E-state index in [1.54, 1.807) is 6.20 Å². The Morgan fingerprint density at radius 1 is 1.44 bits per heavy atom. The lowest BCUT2D eigenvalue weighted by molar-refractivity contribution is 0.580. The van der Waals surface area contributed by atoms with Gasteiger partial charge in [-0.3, -0.25) is 4.79 Å². The van der Waals surface area contributed by atoms with Gasteiger partial charge in [-0.1, -0.05) is 0 Å². The number of H-pyrrole nitrogens is 1. The number of pyridine rings is 1. The monoisotopic (exact) mass is 285 g/mol. The molecule has 2 aromatic rings. The summed E-state index contributed by atoms with van der Waals surface area (Å²) in [6, 6.07) is 1.18. The lowest BCUT2D eigenvalue weighted by Crippen LogP contribution is -2.29. The summed E-state index contributed by atoms with van der Waals surface area (Å²) >= 11 is 1.46. The van der Waals surface area contributed by atoms with E-state index in [2.05, 4.69) is 14.7 Å². The van der Waals surface area contributed by atoms with Crippen molar-refractivity contribution < 1.29 is 8.42 Å². The Morgan fingerprint density at radius 2 is 2.28 bits per heavy atom. The molecule has 0 amide bonds. The highest BCUT2D eigenvalue weighted by molar-refractivity contribution is 7.89. The maximum Gasteiger partial charge on any atom is 0.245 e. The van der Waals surface area contributed by atoms with Crippen LogP contribution in [0.25, 0.3) is 0 Å². The molecule has 2 heterocycles. The summed E-state index contributed by atoms with van der Waals surface area (Å²) in [7, 11) is -3.76. The number of hydrogen-bond acceptors (Lipinski definition) is 5. The van der Waals surface area contributed by atoms with Crippen molar-refractivity contribution in [3.05, 3.63) is 45.3 Å². The average molecular weight is 285 g/mol. The van der Waals surface area contributed by atoms with E-state index in [0.717, 1.165) is 5.01 Å². The van der Waals surface area contributed by atoms with E-state index in [-0.39, 0.29) is 11.4 Å². The van der Waals surface area contributed by atoms with Crippen LogP contribution in [0, 0.1) is 0 Å². The zero-order valence-corrected chi connectivity index (χ0v) is 10.9. The van der Waals surface area contributed by atoms with E-state index in [0.29, 0.717) is 6.42 Å². The summed E-state index contributed by atoms with van der Waals surface area (Å²) in [6.07, 6.45) is 4.73. The Labute approximate surface area is 108 Å². The number of sulfonamides is 1. The number of hydrogen-bond donors (Lipinski definition) is 2. The molecule has 0 spiro atoms. The first-order chi connectivity index (χ1) is 8.59. The van der Waals surface area contributed by atoms with Crippen molar-refractivity contribution in [3.63, 3.8) is 0 Å². The molecule has 8 heteroatoms. The SMILES string of the molecule is O=c1cc[nH]cc1S(=O)(=O)NCCc1nccs1. The molecular weight excluding hydrogens is 274 g/mol. The highest BCUT2D eigenvalue weighted by atomic mass is 32.2. The first-order valence-corrected chi connectivity index (χ1v) is 7.51.